The topological polar surface area (TPSA) is 49.8 Å². The van der Waals surface area contributed by atoms with Gasteiger partial charge in [-0.05, 0) is 24.0 Å². The first-order valence-corrected chi connectivity index (χ1v) is 6.86. The second-order valence-corrected chi connectivity index (χ2v) is 5.42. The number of fused-ring (bicyclic) bond motifs is 1. The van der Waals surface area contributed by atoms with E-state index in [-0.39, 0.29) is 12.5 Å². The van der Waals surface area contributed by atoms with E-state index in [0.717, 1.165) is 25.9 Å². The molecule has 1 aromatic rings. The summed E-state index contributed by atoms with van der Waals surface area (Å²) >= 11 is 0. The molecular weight excluding hydrogens is 242 g/mol. The summed E-state index contributed by atoms with van der Waals surface area (Å²) in [6.45, 7) is 2.30. The summed E-state index contributed by atoms with van der Waals surface area (Å²) in [5.74, 6) is -0.776. The van der Waals surface area contributed by atoms with E-state index in [9.17, 15) is 4.79 Å². The second-order valence-electron chi connectivity index (χ2n) is 5.42. The summed E-state index contributed by atoms with van der Waals surface area (Å²) in [6, 6.07) is 9.09. The van der Waals surface area contributed by atoms with E-state index in [2.05, 4.69) is 29.2 Å². The van der Waals surface area contributed by atoms with Crippen molar-refractivity contribution in [2.75, 3.05) is 19.7 Å². The first-order valence-electron chi connectivity index (χ1n) is 6.86. The number of morpholine rings is 1. The van der Waals surface area contributed by atoms with Gasteiger partial charge in [0.2, 0.25) is 0 Å². The van der Waals surface area contributed by atoms with Crippen molar-refractivity contribution in [3.05, 3.63) is 35.4 Å². The van der Waals surface area contributed by atoms with Crippen LogP contribution in [0.1, 0.15) is 17.5 Å². The molecule has 0 spiro atoms. The van der Waals surface area contributed by atoms with Crippen molar-refractivity contribution in [3.63, 3.8) is 0 Å². The first-order chi connectivity index (χ1) is 9.22. The van der Waals surface area contributed by atoms with Gasteiger partial charge in [-0.3, -0.25) is 9.69 Å². The largest absolute Gasteiger partial charge is 0.481 e. The Morgan fingerprint density at radius 1 is 1.32 bits per heavy atom. The number of benzene rings is 1. The van der Waals surface area contributed by atoms with Crippen LogP contribution >= 0.6 is 0 Å². The van der Waals surface area contributed by atoms with E-state index >= 15 is 0 Å². The number of hydrogen-bond donors (Lipinski definition) is 1. The van der Waals surface area contributed by atoms with Crippen molar-refractivity contribution in [1.82, 2.24) is 4.90 Å². The lowest BCUT2D eigenvalue weighted by Gasteiger charge is -2.36. The van der Waals surface area contributed by atoms with E-state index in [1.54, 1.807) is 0 Å². The van der Waals surface area contributed by atoms with Crippen LogP contribution in [-0.4, -0.2) is 47.8 Å². The average molecular weight is 261 g/mol. The number of carboxylic acid groups (broad SMARTS) is 1. The van der Waals surface area contributed by atoms with Crippen LogP contribution in [0.4, 0.5) is 0 Å². The van der Waals surface area contributed by atoms with Gasteiger partial charge in [0.25, 0.3) is 0 Å². The van der Waals surface area contributed by atoms with Gasteiger partial charge in [0, 0.05) is 19.1 Å². The lowest BCUT2D eigenvalue weighted by molar-refractivity contribution is -0.142. The minimum atomic E-state index is -0.776. The summed E-state index contributed by atoms with van der Waals surface area (Å²) in [5, 5.41) is 8.86. The average Bonchev–Trinajstić information content (AvgIpc) is 2.82. The molecule has 1 aliphatic heterocycles. The summed E-state index contributed by atoms with van der Waals surface area (Å²) in [6.07, 6.45) is 2.11. The van der Waals surface area contributed by atoms with E-state index in [4.69, 9.17) is 9.84 Å². The summed E-state index contributed by atoms with van der Waals surface area (Å²) < 4.78 is 5.53. The Morgan fingerprint density at radius 3 is 2.63 bits per heavy atom. The zero-order chi connectivity index (χ0) is 13.2. The van der Waals surface area contributed by atoms with Crippen molar-refractivity contribution < 1.29 is 14.6 Å². The predicted octanol–water partition coefficient (Wildman–Crippen LogP) is 1.33. The molecule has 0 amide bonds. The monoisotopic (exact) mass is 261 g/mol. The Kier molecular flexibility index (Phi) is 3.53. The summed E-state index contributed by atoms with van der Waals surface area (Å²) in [7, 11) is 0. The molecule has 4 heteroatoms. The Hall–Kier alpha value is -1.39. The highest BCUT2D eigenvalue weighted by atomic mass is 16.5. The quantitative estimate of drug-likeness (QED) is 0.892. The molecular formula is C15H19NO3. The lowest BCUT2D eigenvalue weighted by Crippen LogP contribution is -2.48. The summed E-state index contributed by atoms with van der Waals surface area (Å²) in [5.41, 5.74) is 2.88. The molecule has 102 valence electrons. The van der Waals surface area contributed by atoms with Crippen LogP contribution in [0.25, 0.3) is 0 Å². The second kappa shape index (κ2) is 5.31. The third-order valence-electron chi connectivity index (χ3n) is 4.12. The minimum absolute atomic E-state index is 0.107. The molecule has 1 saturated heterocycles. The third kappa shape index (κ3) is 2.80. The van der Waals surface area contributed by atoms with Crippen LogP contribution in [-0.2, 0) is 22.4 Å². The normalized spacial score (nSPS) is 24.3. The van der Waals surface area contributed by atoms with Crippen LogP contribution in [0.2, 0.25) is 0 Å². The van der Waals surface area contributed by atoms with Crippen LogP contribution in [0.3, 0.4) is 0 Å². The molecule has 0 radical (unpaired) electrons. The van der Waals surface area contributed by atoms with Gasteiger partial charge in [0.15, 0.2) is 0 Å². The molecule has 1 atom stereocenters. The number of nitrogens with zero attached hydrogens (tertiary/aromatic N) is 1. The zero-order valence-corrected chi connectivity index (χ0v) is 10.9. The molecule has 1 fully saturated rings. The highest BCUT2D eigenvalue weighted by Crippen LogP contribution is 2.26. The molecule has 2 aliphatic rings. The molecule has 1 N–H and O–H groups in total. The van der Waals surface area contributed by atoms with E-state index in [0.29, 0.717) is 12.6 Å². The fraction of sp³-hybridized carbons (Fsp3) is 0.533. The SMILES string of the molecule is O=C(O)CC1CN(C2Cc3ccccc3C2)CCO1. The van der Waals surface area contributed by atoms with Gasteiger partial charge >= 0.3 is 5.97 Å². The van der Waals surface area contributed by atoms with Crippen LogP contribution in [0.15, 0.2) is 24.3 Å². The van der Waals surface area contributed by atoms with Gasteiger partial charge < -0.3 is 9.84 Å². The smallest absolute Gasteiger partial charge is 0.306 e. The van der Waals surface area contributed by atoms with Gasteiger partial charge in [-0.2, -0.15) is 0 Å². The first kappa shape index (κ1) is 12.6. The maximum absolute atomic E-state index is 10.8. The highest BCUT2D eigenvalue weighted by molar-refractivity contribution is 5.67. The molecule has 4 nitrogen and oxygen atoms in total. The molecule has 1 heterocycles. The number of ether oxygens (including phenoxy) is 1. The van der Waals surface area contributed by atoms with Gasteiger partial charge in [0.05, 0.1) is 19.1 Å². The van der Waals surface area contributed by atoms with Crippen molar-refractivity contribution >= 4 is 5.97 Å². The summed E-state index contributed by atoms with van der Waals surface area (Å²) in [4.78, 5) is 13.2. The standard InChI is InChI=1S/C15H19NO3/c17-15(18)9-14-10-16(5-6-19-14)13-7-11-3-1-2-4-12(11)8-13/h1-4,13-14H,5-10H2,(H,17,18). The molecule has 3 rings (SSSR count). The van der Waals surface area contributed by atoms with Crippen molar-refractivity contribution in [3.8, 4) is 0 Å². The van der Waals surface area contributed by atoms with Crippen LogP contribution in [0, 0.1) is 0 Å². The molecule has 1 aromatic carbocycles. The van der Waals surface area contributed by atoms with Crippen LogP contribution < -0.4 is 0 Å². The number of carbonyl (C=O) groups is 1. The number of rotatable bonds is 3. The van der Waals surface area contributed by atoms with E-state index in [1.165, 1.54) is 11.1 Å². The van der Waals surface area contributed by atoms with Crippen molar-refractivity contribution in [2.24, 2.45) is 0 Å². The molecule has 19 heavy (non-hydrogen) atoms. The maximum atomic E-state index is 10.8. The molecule has 0 aromatic heterocycles. The van der Waals surface area contributed by atoms with E-state index < -0.39 is 5.97 Å². The highest BCUT2D eigenvalue weighted by Gasteiger charge is 2.31. The van der Waals surface area contributed by atoms with Crippen molar-refractivity contribution in [2.45, 2.75) is 31.4 Å². The molecule has 0 bridgehead atoms. The Labute approximate surface area is 113 Å². The molecule has 1 unspecified atom stereocenters. The van der Waals surface area contributed by atoms with Gasteiger partial charge in [-0.25, -0.2) is 0 Å². The number of carboxylic acids is 1. The van der Waals surface area contributed by atoms with Gasteiger partial charge in [-0.15, -0.1) is 0 Å². The fourth-order valence-electron chi connectivity index (χ4n) is 3.19. The fourth-order valence-corrected chi connectivity index (χ4v) is 3.19. The predicted molar refractivity (Wildman–Crippen MR) is 71.2 cm³/mol. The molecule has 0 saturated carbocycles. The Morgan fingerprint density at radius 2 is 2.00 bits per heavy atom. The Bertz CT molecular complexity index is 449. The number of hydrogen-bond acceptors (Lipinski definition) is 3. The number of aliphatic carboxylic acids is 1. The van der Waals surface area contributed by atoms with Crippen molar-refractivity contribution in [1.29, 1.82) is 0 Å². The van der Waals surface area contributed by atoms with Gasteiger partial charge in [0.1, 0.15) is 0 Å². The Balaban J connectivity index is 1.63. The zero-order valence-electron chi connectivity index (χ0n) is 10.9. The molecule has 1 aliphatic carbocycles. The van der Waals surface area contributed by atoms with Gasteiger partial charge in [-0.1, -0.05) is 24.3 Å². The minimum Gasteiger partial charge on any atom is -0.481 e. The lowest BCUT2D eigenvalue weighted by atomic mass is 10.1. The maximum Gasteiger partial charge on any atom is 0.306 e. The van der Waals surface area contributed by atoms with E-state index in [1.807, 2.05) is 0 Å². The third-order valence-corrected chi connectivity index (χ3v) is 4.12. The van der Waals surface area contributed by atoms with Crippen LogP contribution in [0.5, 0.6) is 0 Å².